The van der Waals surface area contributed by atoms with E-state index < -0.39 is 12.0 Å². The highest BCUT2D eigenvalue weighted by molar-refractivity contribution is 5.75. The fraction of sp³-hybridized carbons (Fsp3) is 0.429. The van der Waals surface area contributed by atoms with Crippen LogP contribution in [-0.2, 0) is 22.7 Å². The first kappa shape index (κ1) is 19.5. The van der Waals surface area contributed by atoms with E-state index in [-0.39, 0.29) is 0 Å². The highest BCUT2D eigenvalue weighted by Gasteiger charge is 2.30. The van der Waals surface area contributed by atoms with Crippen molar-refractivity contribution in [3.8, 4) is 0 Å². The summed E-state index contributed by atoms with van der Waals surface area (Å²) in [5.41, 5.74) is 4.09. The lowest BCUT2D eigenvalue weighted by Crippen LogP contribution is -2.49. The quantitative estimate of drug-likeness (QED) is 0.809. The number of aromatic nitrogens is 1. The zero-order valence-corrected chi connectivity index (χ0v) is 16.0. The van der Waals surface area contributed by atoms with Crippen LogP contribution in [-0.4, -0.2) is 59.1 Å². The van der Waals surface area contributed by atoms with Crippen LogP contribution in [0.25, 0.3) is 0 Å². The van der Waals surface area contributed by atoms with Crippen molar-refractivity contribution in [2.24, 2.45) is 0 Å². The van der Waals surface area contributed by atoms with E-state index in [0.29, 0.717) is 6.61 Å². The summed E-state index contributed by atoms with van der Waals surface area (Å²) >= 11 is 0. The van der Waals surface area contributed by atoms with Crippen LogP contribution in [0.3, 0.4) is 0 Å². The molecule has 0 saturated carbocycles. The maximum Gasteiger partial charge on any atom is 0.325 e. The molecule has 1 aliphatic rings. The number of aryl methyl sites for hydroxylation is 1. The van der Waals surface area contributed by atoms with Gasteiger partial charge in [-0.3, -0.25) is 19.6 Å². The molecule has 6 nitrogen and oxygen atoms in total. The standard InChI is InChI=1S/C21H27N3O3/c1-16-5-4-8-22-19(16)14-23-9-11-24(12-10-23)20(21(25)26)18-7-3-6-17(13-18)15-27-2/h3-8,13,20H,9-12,14-15H2,1-2H3,(H,25,26)/t20-/m1/s1. The van der Waals surface area contributed by atoms with Gasteiger partial charge in [0, 0.05) is 46.0 Å². The Morgan fingerprint density at radius 3 is 2.67 bits per heavy atom. The number of rotatable bonds is 7. The van der Waals surface area contributed by atoms with Gasteiger partial charge in [-0.1, -0.05) is 30.3 Å². The van der Waals surface area contributed by atoms with E-state index in [1.54, 1.807) is 7.11 Å². The van der Waals surface area contributed by atoms with Crippen molar-refractivity contribution >= 4 is 5.97 Å². The molecule has 1 N–H and O–H groups in total. The summed E-state index contributed by atoms with van der Waals surface area (Å²) in [6.07, 6.45) is 1.83. The van der Waals surface area contributed by atoms with Crippen LogP contribution >= 0.6 is 0 Å². The summed E-state index contributed by atoms with van der Waals surface area (Å²) in [6, 6.07) is 11.1. The van der Waals surface area contributed by atoms with Crippen molar-refractivity contribution in [1.82, 2.24) is 14.8 Å². The molecule has 0 spiro atoms. The van der Waals surface area contributed by atoms with E-state index in [2.05, 4.69) is 27.8 Å². The Morgan fingerprint density at radius 2 is 2.00 bits per heavy atom. The molecule has 144 valence electrons. The average Bonchev–Trinajstić information content (AvgIpc) is 2.66. The second kappa shape index (κ2) is 9.08. The van der Waals surface area contributed by atoms with E-state index in [0.717, 1.165) is 49.5 Å². The van der Waals surface area contributed by atoms with Crippen LogP contribution < -0.4 is 0 Å². The molecule has 0 radical (unpaired) electrons. The minimum absolute atomic E-state index is 0.484. The van der Waals surface area contributed by atoms with Crippen molar-refractivity contribution in [1.29, 1.82) is 0 Å². The molecule has 1 aromatic heterocycles. The van der Waals surface area contributed by atoms with Crippen molar-refractivity contribution in [2.75, 3.05) is 33.3 Å². The number of carboxylic acid groups (broad SMARTS) is 1. The van der Waals surface area contributed by atoms with Gasteiger partial charge in [-0.25, -0.2) is 0 Å². The summed E-state index contributed by atoms with van der Waals surface area (Å²) in [6.45, 7) is 6.47. The monoisotopic (exact) mass is 369 g/mol. The van der Waals surface area contributed by atoms with Crippen molar-refractivity contribution in [3.05, 3.63) is 65.0 Å². The molecule has 2 heterocycles. The number of carboxylic acids is 1. The van der Waals surface area contributed by atoms with E-state index in [1.807, 2.05) is 36.5 Å². The van der Waals surface area contributed by atoms with Gasteiger partial charge in [0.15, 0.2) is 0 Å². The van der Waals surface area contributed by atoms with Crippen molar-refractivity contribution in [3.63, 3.8) is 0 Å². The van der Waals surface area contributed by atoms with Gasteiger partial charge in [-0.05, 0) is 29.7 Å². The molecule has 1 saturated heterocycles. The first-order valence-electron chi connectivity index (χ1n) is 9.26. The fourth-order valence-electron chi connectivity index (χ4n) is 3.60. The zero-order chi connectivity index (χ0) is 19.2. The third-order valence-electron chi connectivity index (χ3n) is 5.07. The fourth-order valence-corrected chi connectivity index (χ4v) is 3.60. The number of hydrogen-bond donors (Lipinski definition) is 1. The van der Waals surface area contributed by atoms with E-state index in [9.17, 15) is 9.90 Å². The summed E-state index contributed by atoms with van der Waals surface area (Å²) in [5.74, 6) is -0.807. The van der Waals surface area contributed by atoms with Crippen LogP contribution in [0, 0.1) is 6.92 Å². The Kier molecular flexibility index (Phi) is 6.55. The highest BCUT2D eigenvalue weighted by atomic mass is 16.5. The second-order valence-electron chi connectivity index (χ2n) is 7.00. The number of methoxy groups -OCH3 is 1. The van der Waals surface area contributed by atoms with Gasteiger partial charge in [0.05, 0.1) is 12.3 Å². The van der Waals surface area contributed by atoms with Gasteiger partial charge in [0.1, 0.15) is 6.04 Å². The third kappa shape index (κ3) is 4.91. The molecule has 1 atom stereocenters. The Balaban J connectivity index is 1.66. The molecular formula is C21H27N3O3. The van der Waals surface area contributed by atoms with Crippen LogP contribution in [0.2, 0.25) is 0 Å². The number of benzene rings is 1. The number of ether oxygens (including phenoxy) is 1. The largest absolute Gasteiger partial charge is 0.480 e. The molecule has 0 bridgehead atoms. The molecule has 3 rings (SSSR count). The van der Waals surface area contributed by atoms with E-state index in [1.165, 1.54) is 5.56 Å². The highest BCUT2D eigenvalue weighted by Crippen LogP contribution is 2.24. The van der Waals surface area contributed by atoms with Gasteiger partial charge >= 0.3 is 5.97 Å². The van der Waals surface area contributed by atoms with Gasteiger partial charge in [0.2, 0.25) is 0 Å². The lowest BCUT2D eigenvalue weighted by Gasteiger charge is -2.37. The zero-order valence-electron chi connectivity index (χ0n) is 16.0. The van der Waals surface area contributed by atoms with E-state index >= 15 is 0 Å². The molecule has 0 amide bonds. The Labute approximate surface area is 160 Å². The Morgan fingerprint density at radius 1 is 1.22 bits per heavy atom. The minimum atomic E-state index is -0.807. The van der Waals surface area contributed by atoms with Gasteiger partial charge in [0.25, 0.3) is 0 Å². The number of pyridine rings is 1. The maximum absolute atomic E-state index is 12.0. The predicted octanol–water partition coefficient (Wildman–Crippen LogP) is 2.48. The molecule has 1 aliphatic heterocycles. The minimum Gasteiger partial charge on any atom is -0.480 e. The Bertz CT molecular complexity index is 773. The SMILES string of the molecule is COCc1cccc([C@H](C(=O)O)N2CCN(Cc3ncccc3C)CC2)c1. The molecular weight excluding hydrogens is 342 g/mol. The average molecular weight is 369 g/mol. The van der Waals surface area contributed by atoms with Crippen molar-refractivity contribution in [2.45, 2.75) is 26.1 Å². The number of carbonyl (C=O) groups is 1. The smallest absolute Gasteiger partial charge is 0.325 e. The first-order chi connectivity index (χ1) is 13.1. The number of hydrogen-bond acceptors (Lipinski definition) is 5. The van der Waals surface area contributed by atoms with Crippen LogP contribution in [0.4, 0.5) is 0 Å². The molecule has 27 heavy (non-hydrogen) atoms. The first-order valence-corrected chi connectivity index (χ1v) is 9.26. The summed E-state index contributed by atoms with van der Waals surface area (Å²) < 4.78 is 5.18. The normalized spacial score (nSPS) is 17.0. The molecule has 1 fully saturated rings. The summed E-state index contributed by atoms with van der Waals surface area (Å²) in [4.78, 5) is 20.8. The molecule has 0 aliphatic carbocycles. The lowest BCUT2D eigenvalue weighted by atomic mass is 10.0. The molecule has 2 aromatic rings. The lowest BCUT2D eigenvalue weighted by molar-refractivity contribution is -0.144. The molecule has 6 heteroatoms. The van der Waals surface area contributed by atoms with Gasteiger partial charge in [-0.15, -0.1) is 0 Å². The van der Waals surface area contributed by atoms with Crippen molar-refractivity contribution < 1.29 is 14.6 Å². The molecule has 1 aromatic carbocycles. The topological polar surface area (TPSA) is 65.9 Å². The molecule has 0 unspecified atom stereocenters. The summed E-state index contributed by atoms with van der Waals surface area (Å²) in [7, 11) is 1.64. The number of piperazine rings is 1. The van der Waals surface area contributed by atoms with Gasteiger partial charge < -0.3 is 9.84 Å². The summed E-state index contributed by atoms with van der Waals surface area (Å²) in [5, 5.41) is 9.84. The number of nitrogens with zero attached hydrogens (tertiary/aromatic N) is 3. The van der Waals surface area contributed by atoms with Gasteiger partial charge in [-0.2, -0.15) is 0 Å². The third-order valence-corrected chi connectivity index (χ3v) is 5.07. The van der Waals surface area contributed by atoms with Crippen LogP contribution in [0.15, 0.2) is 42.6 Å². The van der Waals surface area contributed by atoms with Crippen LogP contribution in [0.1, 0.15) is 28.4 Å². The number of aliphatic carboxylic acids is 1. The van der Waals surface area contributed by atoms with Crippen LogP contribution in [0.5, 0.6) is 0 Å². The van der Waals surface area contributed by atoms with E-state index in [4.69, 9.17) is 4.74 Å². The second-order valence-corrected chi connectivity index (χ2v) is 7.00. The Hall–Kier alpha value is -2.28. The maximum atomic E-state index is 12.0. The predicted molar refractivity (Wildman–Crippen MR) is 103 cm³/mol.